The number of hydrogen-bond acceptors (Lipinski definition) is 12. The lowest BCUT2D eigenvalue weighted by molar-refractivity contribution is -0.384. The molecule has 4 rings (SSSR count). The Morgan fingerprint density at radius 2 is 1.86 bits per heavy atom. The van der Waals surface area contributed by atoms with Gasteiger partial charge in [-0.05, 0) is 25.1 Å². The standard InChI is InChI=1S/C24H28N8O5/c1-2-37-23(33)18-15-28-24(27-10-9-26-20-8-7-19(32(34)35)22(25)29-20)30-21(18)16-3-5-17(6-4-16)31-11-13-36-14-12-31/h3-8,15H,2,9-14H2,1H3,(H3,25,26,29)(H,27,28,30). The molecule has 1 aromatic carbocycles. The summed E-state index contributed by atoms with van der Waals surface area (Å²) < 4.78 is 10.6. The van der Waals surface area contributed by atoms with Crippen molar-refractivity contribution in [3.05, 3.63) is 58.3 Å². The smallest absolute Gasteiger partial charge is 0.341 e. The first-order valence-electron chi connectivity index (χ1n) is 11.8. The summed E-state index contributed by atoms with van der Waals surface area (Å²) in [5.41, 5.74) is 7.95. The average Bonchev–Trinajstić information content (AvgIpc) is 2.91. The molecule has 0 unspecified atom stereocenters. The van der Waals surface area contributed by atoms with Crippen molar-refractivity contribution in [1.29, 1.82) is 0 Å². The number of morpholine rings is 1. The number of nitrogens with two attached hydrogens (primary N) is 1. The number of nitrogen functional groups attached to an aromatic ring is 1. The maximum Gasteiger partial charge on any atom is 0.341 e. The number of ether oxygens (including phenoxy) is 2. The van der Waals surface area contributed by atoms with Crippen LogP contribution >= 0.6 is 0 Å². The molecule has 4 N–H and O–H groups in total. The third-order valence-corrected chi connectivity index (χ3v) is 5.61. The van der Waals surface area contributed by atoms with E-state index in [2.05, 4.69) is 30.5 Å². The first-order chi connectivity index (χ1) is 18.0. The van der Waals surface area contributed by atoms with Gasteiger partial charge in [0.1, 0.15) is 11.4 Å². The maximum atomic E-state index is 12.6. The van der Waals surface area contributed by atoms with Gasteiger partial charge in [0.25, 0.3) is 0 Å². The van der Waals surface area contributed by atoms with E-state index in [0.29, 0.717) is 43.8 Å². The summed E-state index contributed by atoms with van der Waals surface area (Å²) in [5.74, 6) is 0.0812. The second-order valence-electron chi connectivity index (χ2n) is 8.03. The van der Waals surface area contributed by atoms with Gasteiger partial charge in [0.15, 0.2) is 0 Å². The molecule has 0 spiro atoms. The lowest BCUT2D eigenvalue weighted by Crippen LogP contribution is -2.36. The highest BCUT2D eigenvalue weighted by Crippen LogP contribution is 2.26. The van der Waals surface area contributed by atoms with Crippen LogP contribution in [0.4, 0.5) is 29.0 Å². The number of anilines is 4. The Labute approximate surface area is 213 Å². The van der Waals surface area contributed by atoms with Crippen molar-refractivity contribution >= 4 is 34.9 Å². The van der Waals surface area contributed by atoms with Crippen LogP contribution in [0.2, 0.25) is 0 Å². The van der Waals surface area contributed by atoms with Crippen molar-refractivity contribution in [2.24, 2.45) is 0 Å². The molecule has 3 aromatic rings. The zero-order chi connectivity index (χ0) is 26.2. The molecule has 3 heterocycles. The summed E-state index contributed by atoms with van der Waals surface area (Å²) in [6.07, 6.45) is 1.45. The summed E-state index contributed by atoms with van der Waals surface area (Å²) in [5, 5.41) is 17.0. The molecule has 0 aliphatic carbocycles. The SMILES string of the molecule is CCOC(=O)c1cnc(NCCNc2ccc([N+](=O)[O-])c(N)n2)nc1-c1ccc(N2CCOCC2)cc1. The van der Waals surface area contributed by atoms with Crippen molar-refractivity contribution in [2.75, 3.05) is 67.3 Å². The fourth-order valence-electron chi connectivity index (χ4n) is 3.78. The number of esters is 1. The van der Waals surface area contributed by atoms with Gasteiger partial charge in [0, 0.05) is 49.7 Å². The lowest BCUT2D eigenvalue weighted by atomic mass is 10.1. The van der Waals surface area contributed by atoms with Crippen LogP contribution in [-0.2, 0) is 9.47 Å². The van der Waals surface area contributed by atoms with Crippen molar-refractivity contribution in [2.45, 2.75) is 6.92 Å². The third kappa shape index (κ3) is 6.38. The highest BCUT2D eigenvalue weighted by atomic mass is 16.6. The number of nitrogens with zero attached hydrogens (tertiary/aromatic N) is 5. The molecular formula is C24H28N8O5. The Hall–Kier alpha value is -4.52. The Kier molecular flexibility index (Phi) is 8.26. The Bertz CT molecular complexity index is 1250. The van der Waals surface area contributed by atoms with Crippen LogP contribution in [-0.4, -0.2) is 71.8 Å². The molecule has 0 bridgehead atoms. The predicted molar refractivity (Wildman–Crippen MR) is 139 cm³/mol. The van der Waals surface area contributed by atoms with Gasteiger partial charge in [-0.25, -0.2) is 19.7 Å². The molecule has 1 fully saturated rings. The summed E-state index contributed by atoms with van der Waals surface area (Å²) >= 11 is 0. The van der Waals surface area contributed by atoms with Crippen LogP contribution in [0.25, 0.3) is 11.3 Å². The van der Waals surface area contributed by atoms with Gasteiger partial charge >= 0.3 is 11.7 Å². The van der Waals surface area contributed by atoms with Gasteiger partial charge in [0.05, 0.1) is 30.4 Å². The molecule has 0 amide bonds. The molecular weight excluding hydrogens is 480 g/mol. The molecule has 194 valence electrons. The first-order valence-corrected chi connectivity index (χ1v) is 11.8. The van der Waals surface area contributed by atoms with Crippen molar-refractivity contribution < 1.29 is 19.2 Å². The number of aromatic nitrogens is 3. The minimum atomic E-state index is -0.585. The summed E-state index contributed by atoms with van der Waals surface area (Å²) in [6, 6.07) is 10.6. The fourth-order valence-corrected chi connectivity index (χ4v) is 3.78. The molecule has 13 nitrogen and oxygen atoms in total. The molecule has 1 aliphatic rings. The van der Waals surface area contributed by atoms with Gasteiger partial charge < -0.3 is 30.7 Å². The summed E-state index contributed by atoms with van der Waals surface area (Å²) in [7, 11) is 0. The van der Waals surface area contributed by atoms with Crippen LogP contribution < -0.4 is 21.3 Å². The second-order valence-corrected chi connectivity index (χ2v) is 8.03. The van der Waals surface area contributed by atoms with Crippen molar-refractivity contribution in [1.82, 2.24) is 15.0 Å². The first kappa shape index (κ1) is 25.6. The molecule has 0 radical (unpaired) electrons. The quantitative estimate of drug-likeness (QED) is 0.158. The fraction of sp³-hybridized carbons (Fsp3) is 0.333. The van der Waals surface area contributed by atoms with E-state index in [0.717, 1.165) is 24.3 Å². The highest BCUT2D eigenvalue weighted by Gasteiger charge is 2.19. The van der Waals surface area contributed by atoms with E-state index in [-0.39, 0.29) is 23.7 Å². The van der Waals surface area contributed by atoms with Gasteiger partial charge in [-0.15, -0.1) is 0 Å². The molecule has 2 aromatic heterocycles. The van der Waals surface area contributed by atoms with E-state index < -0.39 is 10.9 Å². The number of hydrogen-bond donors (Lipinski definition) is 3. The molecule has 1 saturated heterocycles. The van der Waals surface area contributed by atoms with Crippen LogP contribution in [0.1, 0.15) is 17.3 Å². The summed E-state index contributed by atoms with van der Waals surface area (Å²) in [4.78, 5) is 37.9. The van der Waals surface area contributed by atoms with Gasteiger partial charge in [-0.3, -0.25) is 10.1 Å². The predicted octanol–water partition coefficient (Wildman–Crippen LogP) is 2.57. The van der Waals surface area contributed by atoms with E-state index >= 15 is 0 Å². The molecule has 37 heavy (non-hydrogen) atoms. The zero-order valence-corrected chi connectivity index (χ0v) is 20.3. The van der Waals surface area contributed by atoms with Gasteiger partial charge in [-0.1, -0.05) is 12.1 Å². The number of benzene rings is 1. The van der Waals surface area contributed by atoms with Crippen LogP contribution in [0.5, 0.6) is 0 Å². The van der Waals surface area contributed by atoms with E-state index in [1.807, 2.05) is 24.3 Å². The van der Waals surface area contributed by atoms with Crippen LogP contribution in [0.15, 0.2) is 42.6 Å². The van der Waals surface area contributed by atoms with E-state index in [4.69, 9.17) is 15.2 Å². The molecule has 0 saturated carbocycles. The minimum Gasteiger partial charge on any atom is -0.462 e. The normalized spacial score (nSPS) is 13.2. The zero-order valence-electron chi connectivity index (χ0n) is 20.3. The Balaban J connectivity index is 1.45. The number of carbonyl (C=O) groups is 1. The monoisotopic (exact) mass is 508 g/mol. The summed E-state index contributed by atoms with van der Waals surface area (Å²) in [6.45, 7) is 5.84. The maximum absolute atomic E-state index is 12.6. The molecule has 13 heteroatoms. The number of nitro groups is 1. The van der Waals surface area contributed by atoms with Crippen LogP contribution in [0, 0.1) is 10.1 Å². The second kappa shape index (κ2) is 11.9. The van der Waals surface area contributed by atoms with E-state index in [1.165, 1.54) is 18.3 Å². The lowest BCUT2D eigenvalue weighted by Gasteiger charge is -2.28. The number of carbonyl (C=O) groups excluding carboxylic acids is 1. The van der Waals surface area contributed by atoms with Gasteiger partial charge in [-0.2, -0.15) is 0 Å². The van der Waals surface area contributed by atoms with Crippen molar-refractivity contribution in [3.63, 3.8) is 0 Å². The Morgan fingerprint density at radius 3 is 2.54 bits per heavy atom. The van der Waals surface area contributed by atoms with Crippen LogP contribution in [0.3, 0.4) is 0 Å². The molecule has 1 aliphatic heterocycles. The number of nitrogens with one attached hydrogen (secondary N) is 2. The largest absolute Gasteiger partial charge is 0.462 e. The average molecular weight is 509 g/mol. The number of rotatable bonds is 10. The Morgan fingerprint density at radius 1 is 1.14 bits per heavy atom. The van der Waals surface area contributed by atoms with E-state index in [1.54, 1.807) is 6.92 Å². The minimum absolute atomic E-state index is 0.162. The number of pyridine rings is 1. The molecule has 0 atom stereocenters. The van der Waals surface area contributed by atoms with E-state index in [9.17, 15) is 14.9 Å². The highest BCUT2D eigenvalue weighted by molar-refractivity contribution is 5.96. The topological polar surface area (TPSA) is 171 Å². The van der Waals surface area contributed by atoms with Crippen molar-refractivity contribution in [3.8, 4) is 11.3 Å². The third-order valence-electron chi connectivity index (χ3n) is 5.61. The van der Waals surface area contributed by atoms with Gasteiger partial charge in [0.2, 0.25) is 11.8 Å².